The first-order valence-electron chi connectivity index (χ1n) is 5.06. The number of nitrogens with one attached hydrogen (secondary N) is 1. The zero-order valence-corrected chi connectivity index (χ0v) is 9.34. The van der Waals surface area contributed by atoms with E-state index in [1.807, 2.05) is 0 Å². The molecule has 1 unspecified atom stereocenters. The number of carbonyl (C=O) groups excluding carboxylic acids is 2. The van der Waals surface area contributed by atoms with Gasteiger partial charge in [-0.3, -0.25) is 9.59 Å². The van der Waals surface area contributed by atoms with Gasteiger partial charge < -0.3 is 10.1 Å². The maximum atomic E-state index is 11.5. The number of nitriles is 1. The van der Waals surface area contributed by atoms with Crippen LogP contribution >= 0.6 is 0 Å². The van der Waals surface area contributed by atoms with E-state index in [9.17, 15) is 9.59 Å². The Bertz CT molecular complexity index is 437. The van der Waals surface area contributed by atoms with E-state index >= 15 is 0 Å². The van der Waals surface area contributed by atoms with E-state index in [4.69, 9.17) is 5.26 Å². The van der Waals surface area contributed by atoms with Gasteiger partial charge in [-0.15, -0.1) is 0 Å². The molecule has 1 aromatic carbocycles. The van der Waals surface area contributed by atoms with Gasteiger partial charge in [-0.2, -0.15) is 5.26 Å². The highest BCUT2D eigenvalue weighted by Gasteiger charge is 2.10. The van der Waals surface area contributed by atoms with E-state index < -0.39 is 12.1 Å². The normalized spacial score (nSPS) is 11.1. The Kier molecular flexibility index (Phi) is 4.70. The quantitative estimate of drug-likeness (QED) is 0.781. The molecule has 0 heterocycles. The largest absolute Gasteiger partial charge is 0.446 e. The SMILES string of the molecule is CC(C#N)OC(=O)CNC(=O)c1ccccc1. The first kappa shape index (κ1) is 12.7. The van der Waals surface area contributed by atoms with Crippen LogP contribution < -0.4 is 5.32 Å². The number of esters is 1. The molecule has 0 aliphatic heterocycles. The molecule has 5 heteroatoms. The van der Waals surface area contributed by atoms with Crippen molar-refractivity contribution in [2.45, 2.75) is 13.0 Å². The third-order valence-electron chi connectivity index (χ3n) is 1.92. The van der Waals surface area contributed by atoms with E-state index in [-0.39, 0.29) is 12.5 Å². The van der Waals surface area contributed by atoms with Crippen molar-refractivity contribution in [3.8, 4) is 6.07 Å². The highest BCUT2D eigenvalue weighted by Crippen LogP contribution is 1.97. The summed E-state index contributed by atoms with van der Waals surface area (Å²) in [6.45, 7) is 1.21. The smallest absolute Gasteiger partial charge is 0.326 e. The molecule has 0 saturated heterocycles. The summed E-state index contributed by atoms with van der Waals surface area (Å²) in [6, 6.07) is 10.3. The molecular weight excluding hydrogens is 220 g/mol. The van der Waals surface area contributed by atoms with E-state index in [0.29, 0.717) is 5.56 Å². The zero-order valence-electron chi connectivity index (χ0n) is 9.34. The lowest BCUT2D eigenvalue weighted by Gasteiger charge is -2.07. The average Bonchev–Trinajstić information content (AvgIpc) is 2.36. The summed E-state index contributed by atoms with van der Waals surface area (Å²) in [7, 11) is 0. The molecule has 0 aliphatic carbocycles. The van der Waals surface area contributed by atoms with E-state index in [2.05, 4.69) is 10.1 Å². The Morgan fingerprint density at radius 3 is 2.65 bits per heavy atom. The van der Waals surface area contributed by atoms with E-state index in [1.54, 1.807) is 36.4 Å². The number of amides is 1. The number of ether oxygens (including phenoxy) is 1. The van der Waals surface area contributed by atoms with Crippen molar-refractivity contribution in [3.05, 3.63) is 35.9 Å². The molecule has 1 atom stereocenters. The fraction of sp³-hybridized carbons (Fsp3) is 0.250. The summed E-state index contributed by atoms with van der Waals surface area (Å²) < 4.78 is 4.67. The molecule has 5 nitrogen and oxygen atoms in total. The number of benzene rings is 1. The topological polar surface area (TPSA) is 79.2 Å². The first-order chi connectivity index (χ1) is 8.13. The number of hydrogen-bond acceptors (Lipinski definition) is 4. The molecule has 0 spiro atoms. The van der Waals surface area contributed by atoms with E-state index in [1.165, 1.54) is 6.92 Å². The fourth-order valence-electron chi connectivity index (χ4n) is 1.11. The summed E-state index contributed by atoms with van der Waals surface area (Å²) in [4.78, 5) is 22.7. The number of nitrogens with zero attached hydrogens (tertiary/aromatic N) is 1. The second kappa shape index (κ2) is 6.28. The summed E-state index contributed by atoms with van der Waals surface area (Å²) in [6.07, 6.45) is -0.809. The van der Waals surface area contributed by atoms with Crippen molar-refractivity contribution in [2.75, 3.05) is 6.54 Å². The van der Waals surface area contributed by atoms with Crippen LogP contribution in [0.25, 0.3) is 0 Å². The van der Waals surface area contributed by atoms with Crippen molar-refractivity contribution in [3.63, 3.8) is 0 Å². The van der Waals surface area contributed by atoms with Gasteiger partial charge >= 0.3 is 5.97 Å². The molecular formula is C12H12N2O3. The lowest BCUT2D eigenvalue weighted by Crippen LogP contribution is -2.31. The van der Waals surface area contributed by atoms with Crippen LogP contribution in [0.1, 0.15) is 17.3 Å². The second-order valence-electron chi connectivity index (χ2n) is 3.31. The van der Waals surface area contributed by atoms with Gasteiger partial charge in [-0.1, -0.05) is 18.2 Å². The number of hydrogen-bond donors (Lipinski definition) is 1. The maximum Gasteiger partial charge on any atom is 0.326 e. The Morgan fingerprint density at radius 2 is 2.06 bits per heavy atom. The third-order valence-corrected chi connectivity index (χ3v) is 1.92. The van der Waals surface area contributed by atoms with Crippen molar-refractivity contribution in [1.29, 1.82) is 5.26 Å². The lowest BCUT2D eigenvalue weighted by atomic mass is 10.2. The van der Waals surface area contributed by atoms with Crippen LogP contribution in [0, 0.1) is 11.3 Å². The molecule has 17 heavy (non-hydrogen) atoms. The van der Waals surface area contributed by atoms with E-state index in [0.717, 1.165) is 0 Å². The molecule has 0 fully saturated rings. The van der Waals surface area contributed by atoms with Gasteiger partial charge in [0.15, 0.2) is 6.10 Å². The molecule has 1 rings (SSSR count). The van der Waals surface area contributed by atoms with Crippen LogP contribution in [0.4, 0.5) is 0 Å². The Balaban J connectivity index is 2.39. The maximum absolute atomic E-state index is 11.5. The van der Waals surface area contributed by atoms with Gasteiger partial charge in [-0.25, -0.2) is 0 Å². The minimum absolute atomic E-state index is 0.250. The van der Waals surface area contributed by atoms with Crippen molar-refractivity contribution < 1.29 is 14.3 Å². The van der Waals surface area contributed by atoms with Gasteiger partial charge in [-0.05, 0) is 19.1 Å². The molecule has 0 aliphatic rings. The zero-order chi connectivity index (χ0) is 12.7. The molecule has 1 N–H and O–H groups in total. The summed E-state index contributed by atoms with van der Waals surface area (Å²) in [5, 5.41) is 10.8. The standard InChI is InChI=1S/C12H12N2O3/c1-9(7-13)17-11(15)8-14-12(16)10-5-3-2-4-6-10/h2-6,9H,8H2,1H3,(H,14,16). The van der Waals surface area contributed by atoms with Gasteiger partial charge in [0.25, 0.3) is 5.91 Å². The minimum Gasteiger partial charge on any atom is -0.446 e. The van der Waals surface area contributed by atoms with Crippen molar-refractivity contribution in [1.82, 2.24) is 5.32 Å². The first-order valence-corrected chi connectivity index (χ1v) is 5.06. The molecule has 88 valence electrons. The lowest BCUT2D eigenvalue weighted by molar-refractivity contribution is -0.144. The molecule has 1 aromatic rings. The summed E-state index contributed by atoms with van der Waals surface area (Å²) in [5.41, 5.74) is 0.466. The predicted molar refractivity (Wildman–Crippen MR) is 59.9 cm³/mol. The molecule has 0 aromatic heterocycles. The summed E-state index contributed by atoms with van der Waals surface area (Å²) in [5.74, 6) is -0.990. The third kappa shape index (κ3) is 4.34. The molecule has 0 radical (unpaired) electrons. The van der Waals surface area contributed by atoms with Gasteiger partial charge in [0.05, 0.1) is 0 Å². The Morgan fingerprint density at radius 1 is 1.41 bits per heavy atom. The molecule has 0 bridgehead atoms. The van der Waals surface area contributed by atoms with Crippen molar-refractivity contribution in [2.24, 2.45) is 0 Å². The van der Waals surface area contributed by atoms with Crippen LogP contribution in [0.3, 0.4) is 0 Å². The second-order valence-corrected chi connectivity index (χ2v) is 3.31. The highest BCUT2D eigenvalue weighted by molar-refractivity contribution is 5.95. The predicted octanol–water partition coefficient (Wildman–Crippen LogP) is 0.872. The van der Waals surface area contributed by atoms with Gasteiger partial charge in [0, 0.05) is 5.56 Å². The number of rotatable bonds is 4. The summed E-state index contributed by atoms with van der Waals surface area (Å²) >= 11 is 0. The van der Waals surface area contributed by atoms with Crippen LogP contribution in [0.5, 0.6) is 0 Å². The Hall–Kier alpha value is -2.35. The minimum atomic E-state index is -0.809. The van der Waals surface area contributed by atoms with Crippen LogP contribution in [0.15, 0.2) is 30.3 Å². The monoisotopic (exact) mass is 232 g/mol. The average molecular weight is 232 g/mol. The fourth-order valence-corrected chi connectivity index (χ4v) is 1.11. The van der Waals surface area contributed by atoms with Crippen LogP contribution in [0.2, 0.25) is 0 Å². The molecule has 1 amide bonds. The van der Waals surface area contributed by atoms with Gasteiger partial charge in [0.2, 0.25) is 0 Å². The van der Waals surface area contributed by atoms with Crippen LogP contribution in [-0.2, 0) is 9.53 Å². The van der Waals surface area contributed by atoms with Crippen LogP contribution in [-0.4, -0.2) is 24.5 Å². The van der Waals surface area contributed by atoms with Gasteiger partial charge in [0.1, 0.15) is 12.6 Å². The van der Waals surface area contributed by atoms with Crippen molar-refractivity contribution >= 4 is 11.9 Å². The molecule has 0 saturated carbocycles. The highest BCUT2D eigenvalue weighted by atomic mass is 16.5. The number of carbonyl (C=O) groups is 2. The Labute approximate surface area is 99.0 Å².